The Morgan fingerprint density at radius 3 is 2.14 bits per heavy atom. The quantitative estimate of drug-likeness (QED) is 0.200. The maximum Gasteiger partial charge on any atom is 0.202 e. The van der Waals surface area contributed by atoms with E-state index in [0.29, 0.717) is 0 Å². The van der Waals surface area contributed by atoms with Gasteiger partial charge < -0.3 is 4.90 Å². The molecule has 7 aromatic rings. The van der Waals surface area contributed by atoms with E-state index >= 15 is 0 Å². The number of guanidine groups is 1. The lowest BCUT2D eigenvalue weighted by Gasteiger charge is -2.40. The third-order valence-corrected chi connectivity index (χ3v) is 9.19. The highest BCUT2D eigenvalue weighted by atomic mass is 15.4. The van der Waals surface area contributed by atoms with Crippen molar-refractivity contribution in [2.24, 2.45) is 4.99 Å². The lowest BCUT2D eigenvalue weighted by atomic mass is 9.95. The van der Waals surface area contributed by atoms with Gasteiger partial charge in [-0.3, -0.25) is 9.89 Å². The van der Waals surface area contributed by atoms with E-state index in [1.165, 1.54) is 32.7 Å². The molecule has 0 atom stereocenters. The summed E-state index contributed by atoms with van der Waals surface area (Å²) in [7, 11) is 0. The predicted molar refractivity (Wildman–Crippen MR) is 183 cm³/mol. The summed E-state index contributed by atoms with van der Waals surface area (Å²) in [6, 6.07) is 41.5. The normalized spacial score (nSPS) is 15.2. The largest absolute Gasteiger partial charge is 0.342 e. The van der Waals surface area contributed by atoms with Crippen LogP contribution in [0.5, 0.6) is 0 Å². The van der Waals surface area contributed by atoms with Crippen molar-refractivity contribution in [1.82, 2.24) is 14.9 Å². The minimum absolute atomic E-state index is 0.889. The van der Waals surface area contributed by atoms with Gasteiger partial charge >= 0.3 is 0 Å². The van der Waals surface area contributed by atoms with Crippen LogP contribution in [0.25, 0.3) is 65.7 Å². The van der Waals surface area contributed by atoms with Crippen LogP contribution in [0, 0.1) is 0 Å². The summed E-state index contributed by atoms with van der Waals surface area (Å²) >= 11 is 0. The van der Waals surface area contributed by atoms with Gasteiger partial charge in [0.1, 0.15) is 5.82 Å². The Morgan fingerprint density at radius 1 is 0.523 bits per heavy atom. The van der Waals surface area contributed by atoms with Crippen LogP contribution < -0.4 is 4.90 Å². The van der Waals surface area contributed by atoms with E-state index in [4.69, 9.17) is 15.0 Å². The van der Waals surface area contributed by atoms with Crippen LogP contribution in [0.3, 0.4) is 0 Å². The summed E-state index contributed by atoms with van der Waals surface area (Å²) in [6.45, 7) is 3.98. The smallest absolute Gasteiger partial charge is 0.202 e. The van der Waals surface area contributed by atoms with E-state index in [1.807, 2.05) is 0 Å². The van der Waals surface area contributed by atoms with Crippen LogP contribution in [-0.2, 0) is 0 Å². The summed E-state index contributed by atoms with van der Waals surface area (Å²) in [5.41, 5.74) is 6.43. The Labute approximate surface area is 256 Å². The monoisotopic (exact) mass is 569 g/mol. The van der Waals surface area contributed by atoms with Gasteiger partial charge in [-0.1, -0.05) is 84.9 Å². The number of aromatic nitrogens is 2. The van der Waals surface area contributed by atoms with Gasteiger partial charge in [-0.25, -0.2) is 9.97 Å². The van der Waals surface area contributed by atoms with Gasteiger partial charge in [0.25, 0.3) is 0 Å². The minimum atomic E-state index is 0.889. The number of rotatable bonds is 3. The molecule has 0 bridgehead atoms. The Kier molecular flexibility index (Phi) is 5.83. The summed E-state index contributed by atoms with van der Waals surface area (Å²) in [6.07, 6.45) is 2.24. The van der Waals surface area contributed by atoms with Crippen molar-refractivity contribution >= 4 is 55.1 Å². The molecule has 2 aliphatic rings. The summed E-state index contributed by atoms with van der Waals surface area (Å²) in [5.74, 6) is 2.03. The Bertz CT molecular complexity index is 2260. The van der Waals surface area contributed by atoms with Gasteiger partial charge in [-0.2, -0.15) is 0 Å². The second-order valence-corrected chi connectivity index (χ2v) is 11.9. The molecule has 0 unspecified atom stereocenters. The molecule has 0 amide bonds. The first-order chi connectivity index (χ1) is 21.8. The fourth-order valence-electron chi connectivity index (χ4n) is 6.96. The third kappa shape index (κ3) is 4.19. The number of benzene rings is 5. The van der Waals surface area contributed by atoms with E-state index in [-0.39, 0.29) is 0 Å². The molecule has 4 heterocycles. The Hall–Kier alpha value is -5.29. The van der Waals surface area contributed by atoms with Gasteiger partial charge in [-0.15, -0.1) is 0 Å². The molecule has 0 radical (unpaired) electrons. The van der Waals surface area contributed by atoms with Gasteiger partial charge in [0.2, 0.25) is 5.96 Å². The van der Waals surface area contributed by atoms with Crippen molar-refractivity contribution in [3.05, 3.63) is 115 Å². The molecule has 9 rings (SSSR count). The first-order valence-electron chi connectivity index (χ1n) is 15.6. The molecule has 212 valence electrons. The van der Waals surface area contributed by atoms with Crippen molar-refractivity contribution in [2.75, 3.05) is 31.1 Å². The number of anilines is 1. The molecule has 1 fully saturated rings. The van der Waals surface area contributed by atoms with Crippen LogP contribution in [0.2, 0.25) is 0 Å². The fourth-order valence-corrected chi connectivity index (χ4v) is 6.96. The van der Waals surface area contributed by atoms with Crippen molar-refractivity contribution in [3.63, 3.8) is 0 Å². The molecule has 2 aromatic heterocycles. The van der Waals surface area contributed by atoms with Gasteiger partial charge in [-0.05, 0) is 75.8 Å². The second kappa shape index (κ2) is 10.2. The molecule has 0 saturated carbocycles. The summed E-state index contributed by atoms with van der Waals surface area (Å²) < 4.78 is 0. The number of hydrogen-bond donors (Lipinski definition) is 0. The van der Waals surface area contributed by atoms with E-state index < -0.39 is 0 Å². The van der Waals surface area contributed by atoms with Crippen molar-refractivity contribution in [2.45, 2.75) is 12.8 Å². The van der Waals surface area contributed by atoms with Crippen LogP contribution in [0.4, 0.5) is 5.82 Å². The first kappa shape index (κ1) is 25.2. The number of nitrogens with zero attached hydrogens (tertiary/aromatic N) is 5. The molecule has 0 N–H and O–H groups in total. The molecule has 1 saturated heterocycles. The van der Waals surface area contributed by atoms with Crippen molar-refractivity contribution in [1.29, 1.82) is 0 Å². The molecule has 5 nitrogen and oxygen atoms in total. The number of hydrogen-bond acceptors (Lipinski definition) is 5. The second-order valence-electron chi connectivity index (χ2n) is 11.9. The van der Waals surface area contributed by atoms with Crippen molar-refractivity contribution < 1.29 is 0 Å². The van der Waals surface area contributed by atoms with Crippen LogP contribution in [-0.4, -0.2) is 47.0 Å². The first-order valence-corrected chi connectivity index (χ1v) is 15.6. The van der Waals surface area contributed by atoms with Crippen LogP contribution >= 0.6 is 0 Å². The molecule has 2 aliphatic heterocycles. The lowest BCUT2D eigenvalue weighted by Crippen LogP contribution is -2.52. The SMILES string of the molecule is c1ccc2c(-c3ccc4cc(-c5ccc6ccc7ccc(N8CCCN9CCCN=C98)nc7c6n5)ccc4c3)cccc2c1. The minimum Gasteiger partial charge on any atom is -0.342 e. The summed E-state index contributed by atoms with van der Waals surface area (Å²) in [4.78, 5) is 20.0. The molecule has 0 spiro atoms. The van der Waals surface area contributed by atoms with Gasteiger partial charge in [0.05, 0.1) is 16.7 Å². The van der Waals surface area contributed by atoms with Crippen LogP contribution in [0.1, 0.15) is 12.8 Å². The van der Waals surface area contributed by atoms with Gasteiger partial charge in [0.15, 0.2) is 0 Å². The number of aliphatic imine (C=N–C) groups is 1. The highest BCUT2D eigenvalue weighted by Gasteiger charge is 2.27. The zero-order chi connectivity index (χ0) is 29.0. The highest BCUT2D eigenvalue weighted by molar-refractivity contribution is 6.05. The molecule has 5 heteroatoms. The Morgan fingerprint density at radius 2 is 1.23 bits per heavy atom. The molecular weight excluding hydrogens is 538 g/mol. The van der Waals surface area contributed by atoms with E-state index in [1.54, 1.807) is 0 Å². The summed E-state index contributed by atoms with van der Waals surface area (Å²) in [5, 5.41) is 7.16. The maximum absolute atomic E-state index is 5.23. The van der Waals surface area contributed by atoms with Crippen LogP contribution in [0.15, 0.2) is 120 Å². The van der Waals surface area contributed by atoms with Crippen molar-refractivity contribution in [3.8, 4) is 22.4 Å². The molecular formula is C39H31N5. The fraction of sp³-hybridized carbons (Fsp3) is 0.154. The van der Waals surface area contributed by atoms with E-state index in [0.717, 1.165) is 83.9 Å². The third-order valence-electron chi connectivity index (χ3n) is 9.19. The molecule has 44 heavy (non-hydrogen) atoms. The average Bonchev–Trinajstić information content (AvgIpc) is 3.10. The zero-order valence-electron chi connectivity index (χ0n) is 24.4. The van der Waals surface area contributed by atoms with E-state index in [9.17, 15) is 0 Å². The predicted octanol–water partition coefficient (Wildman–Crippen LogP) is 8.70. The molecule has 0 aliphatic carbocycles. The zero-order valence-corrected chi connectivity index (χ0v) is 24.4. The number of pyridine rings is 2. The van der Waals surface area contributed by atoms with E-state index in [2.05, 4.69) is 125 Å². The molecule has 5 aromatic carbocycles. The number of fused-ring (bicyclic) bond motifs is 6. The maximum atomic E-state index is 5.23. The van der Waals surface area contributed by atoms with Gasteiger partial charge in [0, 0.05) is 42.5 Å². The Balaban J connectivity index is 1.11. The standard InChI is InChI=1S/C39H31N5/c1-2-8-33-26(6-1)7-3-9-34(33)31-14-12-30-25-32(15-13-29(30)24-31)35-18-16-27-10-11-28-17-19-36(42-38(28)37(27)41-35)44-23-5-22-43-21-4-20-40-39(43)44/h1-3,6-19,24-25H,4-5,20-23H2. The topological polar surface area (TPSA) is 44.6 Å². The average molecular weight is 570 g/mol. The lowest BCUT2D eigenvalue weighted by molar-refractivity contribution is 0.359. The highest BCUT2D eigenvalue weighted by Crippen LogP contribution is 2.33.